The number of nitrogens with zero attached hydrogens (tertiary/aromatic N) is 3. The number of pyridine rings is 1. The predicted octanol–water partition coefficient (Wildman–Crippen LogP) is 2.81. The zero-order chi connectivity index (χ0) is 22.8. The van der Waals surface area contributed by atoms with E-state index in [1.807, 2.05) is 26.8 Å². The first-order valence-corrected chi connectivity index (χ1v) is 10.7. The number of nitrogen functional groups attached to an aromatic ring is 1. The van der Waals surface area contributed by atoms with Gasteiger partial charge < -0.3 is 16.4 Å². The van der Waals surface area contributed by atoms with Crippen molar-refractivity contribution in [3.8, 4) is 0 Å². The molecule has 0 fully saturated rings. The topological polar surface area (TPSA) is 115 Å². The van der Waals surface area contributed by atoms with Gasteiger partial charge in [0.05, 0.1) is 6.04 Å². The molecule has 8 heteroatoms. The summed E-state index contributed by atoms with van der Waals surface area (Å²) in [6.45, 7) is 6.46. The quantitative estimate of drug-likeness (QED) is 0.552. The molecule has 0 unspecified atom stereocenters. The molecule has 1 aromatic carbocycles. The molecule has 4 N–H and O–H groups in total. The van der Waals surface area contributed by atoms with Crippen LogP contribution in [0.5, 0.6) is 0 Å². The highest BCUT2D eigenvalue weighted by molar-refractivity contribution is 5.81. The molecule has 2 atom stereocenters. The minimum absolute atomic E-state index is 0.193. The number of nitrogens with two attached hydrogens (primary N) is 1. The molecule has 3 heterocycles. The summed E-state index contributed by atoms with van der Waals surface area (Å²) in [6.07, 6.45) is 4.53. The number of carbonyl (C=O) groups excluding carboxylic acids is 1. The van der Waals surface area contributed by atoms with Gasteiger partial charge in [-0.25, -0.2) is 9.97 Å². The van der Waals surface area contributed by atoms with Crippen molar-refractivity contribution >= 4 is 17.5 Å². The number of nitrogens with one attached hydrogen (secondary N) is 2. The van der Waals surface area contributed by atoms with Crippen LogP contribution in [-0.4, -0.2) is 20.4 Å². The lowest BCUT2D eigenvalue weighted by Gasteiger charge is -2.19. The molecule has 0 saturated carbocycles. The summed E-state index contributed by atoms with van der Waals surface area (Å²) >= 11 is 0. The standard InChI is InChI=1S/C24H28N6O2/c1-14-8-15(2)10-17(9-14)11-27-22-24(32)30-19(13-28-22)5-6-20(30)23(31)29-16(3)18-4-7-21(25)26-12-18/h4,7-10,12-13,16,20H,5-6,11H2,1-3H3,(H2,25,26)(H,27,28)(H,29,31)/t16-,20+/m1/s1. The number of rotatable bonds is 6. The Hall–Kier alpha value is -3.68. The van der Waals surface area contributed by atoms with Crippen LogP contribution >= 0.6 is 0 Å². The van der Waals surface area contributed by atoms with Gasteiger partial charge in [-0.15, -0.1) is 0 Å². The fourth-order valence-corrected chi connectivity index (χ4v) is 4.23. The molecule has 1 aliphatic rings. The van der Waals surface area contributed by atoms with Crippen molar-refractivity contribution in [3.63, 3.8) is 0 Å². The molecule has 0 aliphatic carbocycles. The van der Waals surface area contributed by atoms with Gasteiger partial charge in [0.25, 0.3) is 5.56 Å². The second-order valence-electron chi connectivity index (χ2n) is 8.42. The van der Waals surface area contributed by atoms with Gasteiger partial charge in [-0.05, 0) is 50.8 Å². The van der Waals surface area contributed by atoms with Crippen molar-refractivity contribution < 1.29 is 4.79 Å². The van der Waals surface area contributed by atoms with Crippen LogP contribution in [0.1, 0.15) is 53.4 Å². The lowest BCUT2D eigenvalue weighted by molar-refractivity contribution is -0.124. The maximum atomic E-state index is 13.2. The largest absolute Gasteiger partial charge is 0.384 e. The maximum absolute atomic E-state index is 13.2. The first kappa shape index (κ1) is 21.5. The molecular weight excluding hydrogens is 404 g/mol. The third-order valence-electron chi connectivity index (χ3n) is 5.77. The minimum atomic E-state index is -0.563. The van der Waals surface area contributed by atoms with Crippen LogP contribution in [0.2, 0.25) is 0 Å². The second kappa shape index (κ2) is 8.82. The Morgan fingerprint density at radius 3 is 2.62 bits per heavy atom. The molecule has 166 valence electrons. The van der Waals surface area contributed by atoms with Gasteiger partial charge in [0.2, 0.25) is 5.91 Å². The van der Waals surface area contributed by atoms with E-state index in [-0.39, 0.29) is 23.3 Å². The number of anilines is 2. The van der Waals surface area contributed by atoms with Crippen LogP contribution in [0.3, 0.4) is 0 Å². The lowest BCUT2D eigenvalue weighted by Crippen LogP contribution is -2.37. The Morgan fingerprint density at radius 2 is 1.94 bits per heavy atom. The zero-order valence-electron chi connectivity index (χ0n) is 18.6. The van der Waals surface area contributed by atoms with Crippen LogP contribution < -0.4 is 21.9 Å². The molecule has 0 saturated heterocycles. The van der Waals surface area contributed by atoms with Crippen LogP contribution in [-0.2, 0) is 17.8 Å². The van der Waals surface area contributed by atoms with Gasteiger partial charge in [0.1, 0.15) is 11.9 Å². The Bertz CT molecular complexity index is 1180. The van der Waals surface area contributed by atoms with E-state index in [1.54, 1.807) is 23.0 Å². The van der Waals surface area contributed by atoms with E-state index in [2.05, 4.69) is 38.8 Å². The van der Waals surface area contributed by atoms with Crippen LogP contribution in [0, 0.1) is 13.8 Å². The molecular formula is C24H28N6O2. The van der Waals surface area contributed by atoms with Crippen molar-refractivity contribution in [2.45, 2.75) is 52.2 Å². The number of benzene rings is 1. The van der Waals surface area contributed by atoms with Crippen molar-refractivity contribution in [2.24, 2.45) is 0 Å². The number of carbonyl (C=O) groups is 1. The minimum Gasteiger partial charge on any atom is -0.384 e. The van der Waals surface area contributed by atoms with E-state index in [1.165, 1.54) is 11.1 Å². The Morgan fingerprint density at radius 1 is 1.19 bits per heavy atom. The number of hydrogen-bond acceptors (Lipinski definition) is 6. The Balaban J connectivity index is 1.50. The molecule has 1 aliphatic heterocycles. The molecule has 4 rings (SSSR count). The summed E-state index contributed by atoms with van der Waals surface area (Å²) < 4.78 is 1.57. The average Bonchev–Trinajstić information content (AvgIpc) is 3.18. The predicted molar refractivity (Wildman–Crippen MR) is 124 cm³/mol. The Kier molecular flexibility index (Phi) is 5.94. The number of hydrogen-bond donors (Lipinski definition) is 3. The van der Waals surface area contributed by atoms with Crippen LogP contribution in [0.15, 0.2) is 47.5 Å². The summed E-state index contributed by atoms with van der Waals surface area (Å²) in [4.78, 5) is 34.6. The third-order valence-corrected chi connectivity index (χ3v) is 5.77. The molecule has 8 nitrogen and oxygen atoms in total. The fraction of sp³-hybridized carbons (Fsp3) is 0.333. The molecule has 0 bridgehead atoms. The highest BCUT2D eigenvalue weighted by atomic mass is 16.2. The van der Waals surface area contributed by atoms with Crippen molar-refractivity contribution in [1.29, 1.82) is 0 Å². The summed E-state index contributed by atoms with van der Waals surface area (Å²) in [5.74, 6) is 0.488. The van der Waals surface area contributed by atoms with Crippen LogP contribution in [0.25, 0.3) is 0 Å². The third kappa shape index (κ3) is 4.49. The molecule has 3 aromatic rings. The highest BCUT2D eigenvalue weighted by Gasteiger charge is 2.31. The van der Waals surface area contributed by atoms with Gasteiger partial charge in [0.15, 0.2) is 5.82 Å². The zero-order valence-corrected chi connectivity index (χ0v) is 18.6. The van der Waals surface area contributed by atoms with Crippen molar-refractivity contribution in [2.75, 3.05) is 11.1 Å². The monoisotopic (exact) mass is 432 g/mol. The lowest BCUT2D eigenvalue weighted by atomic mass is 10.1. The maximum Gasteiger partial charge on any atom is 0.294 e. The van der Waals surface area contributed by atoms with Crippen LogP contribution in [0.4, 0.5) is 11.6 Å². The molecule has 0 radical (unpaired) electrons. The molecule has 32 heavy (non-hydrogen) atoms. The number of amides is 1. The van der Waals surface area contributed by atoms with Gasteiger partial charge >= 0.3 is 0 Å². The first-order chi connectivity index (χ1) is 15.3. The van der Waals surface area contributed by atoms with Gasteiger partial charge in [0, 0.05) is 24.6 Å². The highest BCUT2D eigenvalue weighted by Crippen LogP contribution is 2.25. The fourth-order valence-electron chi connectivity index (χ4n) is 4.23. The van der Waals surface area contributed by atoms with E-state index < -0.39 is 6.04 Å². The van der Waals surface area contributed by atoms with Crippen molar-refractivity contribution in [1.82, 2.24) is 19.9 Å². The van der Waals surface area contributed by atoms with E-state index in [9.17, 15) is 9.59 Å². The first-order valence-electron chi connectivity index (χ1n) is 10.7. The van der Waals surface area contributed by atoms with E-state index in [4.69, 9.17) is 5.73 Å². The van der Waals surface area contributed by atoms with E-state index in [0.717, 1.165) is 16.8 Å². The number of aromatic nitrogens is 3. The molecule has 2 aromatic heterocycles. The average molecular weight is 433 g/mol. The van der Waals surface area contributed by atoms with Crippen molar-refractivity contribution in [3.05, 3.63) is 81.0 Å². The number of fused-ring (bicyclic) bond motifs is 1. The van der Waals surface area contributed by atoms with E-state index >= 15 is 0 Å². The normalized spacial score (nSPS) is 15.8. The summed E-state index contributed by atoms with van der Waals surface area (Å²) in [7, 11) is 0. The van der Waals surface area contributed by atoms with Gasteiger partial charge in [-0.3, -0.25) is 14.2 Å². The van der Waals surface area contributed by atoms with E-state index in [0.29, 0.717) is 25.2 Å². The Labute approximate surface area is 186 Å². The summed E-state index contributed by atoms with van der Waals surface area (Å²) in [6, 6.07) is 8.99. The summed E-state index contributed by atoms with van der Waals surface area (Å²) in [5, 5.41) is 6.14. The SMILES string of the molecule is Cc1cc(C)cc(CNc2ncc3n(c2=O)[C@H](C(=O)N[C@H](C)c2ccc(N)nc2)CC3)c1. The smallest absolute Gasteiger partial charge is 0.294 e. The molecule has 0 spiro atoms. The van der Waals surface area contributed by atoms with Gasteiger partial charge in [-0.1, -0.05) is 35.4 Å². The number of aryl methyl sites for hydroxylation is 3. The van der Waals surface area contributed by atoms with Gasteiger partial charge in [-0.2, -0.15) is 0 Å². The summed E-state index contributed by atoms with van der Waals surface area (Å²) in [5.41, 5.74) is 10.4. The second-order valence-corrected chi connectivity index (χ2v) is 8.42. The molecule has 1 amide bonds.